The molecule has 12 heteroatoms. The average molecular weight is 452 g/mol. The Morgan fingerprint density at radius 3 is 2.67 bits per heavy atom. The van der Waals surface area contributed by atoms with Crippen molar-refractivity contribution in [3.05, 3.63) is 60.8 Å². The van der Waals surface area contributed by atoms with Gasteiger partial charge in [0.1, 0.15) is 11.4 Å². The summed E-state index contributed by atoms with van der Waals surface area (Å²) in [5.74, 6) is -2.56. The molecule has 0 atom stereocenters. The summed E-state index contributed by atoms with van der Waals surface area (Å²) in [6.07, 6.45) is -0.696. The van der Waals surface area contributed by atoms with Crippen molar-refractivity contribution in [2.45, 2.75) is 6.42 Å². The van der Waals surface area contributed by atoms with Crippen LogP contribution in [0.25, 0.3) is 11.3 Å². The van der Waals surface area contributed by atoms with Crippen molar-refractivity contribution in [1.29, 1.82) is 0 Å². The van der Waals surface area contributed by atoms with E-state index in [4.69, 9.17) is 17.3 Å². The predicted octanol–water partition coefficient (Wildman–Crippen LogP) is 1.79. The average Bonchev–Trinajstić information content (AvgIpc) is 3.15. The number of nitrogens with one attached hydrogen (secondary N) is 1. The summed E-state index contributed by atoms with van der Waals surface area (Å²) in [5, 5.41) is 4.01. The van der Waals surface area contributed by atoms with Crippen molar-refractivity contribution >= 4 is 45.6 Å². The number of nitrogens with two attached hydrogens (primary N) is 1. The normalized spacial score (nSPS) is 10.8. The van der Waals surface area contributed by atoms with Gasteiger partial charge in [0.25, 0.3) is 5.56 Å². The second-order valence-corrected chi connectivity index (χ2v) is 7.52. The molecule has 3 N–H and O–H groups in total. The Morgan fingerprint density at radius 1 is 1.27 bits per heavy atom. The van der Waals surface area contributed by atoms with E-state index in [1.807, 2.05) is 0 Å². The number of thiazole rings is 1. The van der Waals surface area contributed by atoms with Crippen LogP contribution in [0.3, 0.4) is 0 Å². The first kappa shape index (κ1) is 21.4. The monoisotopic (exact) mass is 451 g/mol. The Balaban J connectivity index is 1.78. The minimum Gasteiger partial charge on any atom is -0.384 e. The van der Waals surface area contributed by atoms with Crippen LogP contribution in [0.5, 0.6) is 0 Å². The number of carbonyl (C=O) groups is 2. The third kappa shape index (κ3) is 3.89. The van der Waals surface area contributed by atoms with Crippen LogP contribution in [0.1, 0.15) is 16.8 Å². The molecule has 2 heterocycles. The van der Waals surface area contributed by atoms with Crippen LogP contribution in [0.4, 0.5) is 15.3 Å². The van der Waals surface area contributed by atoms with E-state index in [2.05, 4.69) is 10.3 Å². The summed E-state index contributed by atoms with van der Waals surface area (Å²) >= 11 is 6.79. The smallest absolute Gasteiger partial charge is 0.332 e. The van der Waals surface area contributed by atoms with Gasteiger partial charge in [0.2, 0.25) is 5.91 Å². The molecule has 9 nitrogen and oxygen atoms in total. The van der Waals surface area contributed by atoms with Gasteiger partial charge in [-0.05, 0) is 12.1 Å². The lowest BCUT2D eigenvalue weighted by Gasteiger charge is -2.10. The molecule has 0 fully saturated rings. The van der Waals surface area contributed by atoms with Gasteiger partial charge in [-0.2, -0.15) is 0 Å². The largest absolute Gasteiger partial charge is 0.384 e. The SMILES string of the molecule is Cn1c(N)c(C(=O)CC(=O)Nc2nc(-c3cccc(Cl)c3F)cs2)c(=O)n(C)c1=O. The van der Waals surface area contributed by atoms with Gasteiger partial charge in [0, 0.05) is 25.0 Å². The number of amides is 1. The molecule has 1 amide bonds. The molecule has 0 saturated heterocycles. The molecule has 2 aromatic heterocycles. The van der Waals surface area contributed by atoms with Crippen LogP contribution in [0.2, 0.25) is 5.02 Å². The number of rotatable bonds is 5. The highest BCUT2D eigenvalue weighted by Crippen LogP contribution is 2.30. The number of Topliss-reactive ketones (excluding diaryl/α,β-unsaturated/α-hetero) is 1. The molecule has 3 rings (SSSR count). The molecule has 0 unspecified atom stereocenters. The number of ketones is 1. The van der Waals surface area contributed by atoms with E-state index in [1.165, 1.54) is 31.6 Å². The van der Waals surface area contributed by atoms with Crippen LogP contribution in [0.15, 0.2) is 33.2 Å². The zero-order chi connectivity index (χ0) is 22.2. The third-order valence-corrected chi connectivity index (χ3v) is 5.34. The van der Waals surface area contributed by atoms with E-state index < -0.39 is 40.7 Å². The van der Waals surface area contributed by atoms with Gasteiger partial charge < -0.3 is 11.1 Å². The molecule has 30 heavy (non-hydrogen) atoms. The molecule has 0 radical (unpaired) electrons. The Kier molecular flexibility index (Phi) is 5.85. The molecule has 1 aromatic carbocycles. The number of halogens is 2. The van der Waals surface area contributed by atoms with Gasteiger partial charge in [-0.1, -0.05) is 17.7 Å². The first-order valence-corrected chi connectivity index (χ1v) is 9.66. The highest BCUT2D eigenvalue weighted by atomic mass is 35.5. The fourth-order valence-electron chi connectivity index (χ4n) is 2.68. The second-order valence-electron chi connectivity index (χ2n) is 6.25. The van der Waals surface area contributed by atoms with E-state index in [0.717, 1.165) is 20.5 Å². The molecule has 0 aliphatic rings. The summed E-state index contributed by atoms with van der Waals surface area (Å²) in [4.78, 5) is 52.9. The first-order chi connectivity index (χ1) is 14.1. The van der Waals surface area contributed by atoms with Crippen molar-refractivity contribution in [2.75, 3.05) is 11.1 Å². The molecule has 0 bridgehead atoms. The maximum Gasteiger partial charge on any atom is 0.332 e. The van der Waals surface area contributed by atoms with Gasteiger partial charge in [-0.25, -0.2) is 14.2 Å². The van der Waals surface area contributed by atoms with Crippen molar-refractivity contribution < 1.29 is 14.0 Å². The van der Waals surface area contributed by atoms with Crippen molar-refractivity contribution in [3.63, 3.8) is 0 Å². The second kappa shape index (κ2) is 8.20. The summed E-state index contributed by atoms with van der Waals surface area (Å²) in [7, 11) is 2.51. The standard InChI is InChI=1S/C18H15ClFN5O4S/c1-24-15(21)13(16(28)25(2)18(24)29)11(26)6-12(27)23-17-22-10(7-30-17)8-4-3-5-9(19)14(8)20/h3-5,7H,6,21H2,1-2H3,(H,22,23,27). The van der Waals surface area contributed by atoms with Gasteiger partial charge in [-0.15, -0.1) is 11.3 Å². The summed E-state index contributed by atoms with van der Waals surface area (Å²) in [6.45, 7) is 0. The van der Waals surface area contributed by atoms with E-state index in [0.29, 0.717) is 0 Å². The zero-order valence-corrected chi connectivity index (χ0v) is 17.3. The van der Waals surface area contributed by atoms with Gasteiger partial charge in [0.05, 0.1) is 17.1 Å². The van der Waals surface area contributed by atoms with Crippen molar-refractivity contribution in [2.24, 2.45) is 14.1 Å². The van der Waals surface area contributed by atoms with E-state index in [9.17, 15) is 23.6 Å². The molecule has 0 saturated carbocycles. The lowest BCUT2D eigenvalue weighted by Crippen LogP contribution is -2.42. The first-order valence-electron chi connectivity index (χ1n) is 8.40. The highest BCUT2D eigenvalue weighted by molar-refractivity contribution is 7.14. The maximum atomic E-state index is 14.1. The summed E-state index contributed by atoms with van der Waals surface area (Å²) in [5.41, 5.74) is 4.11. The molecule has 3 aromatic rings. The van der Waals surface area contributed by atoms with Crippen LogP contribution in [0, 0.1) is 5.82 Å². The fraction of sp³-hybridized carbons (Fsp3) is 0.167. The third-order valence-electron chi connectivity index (χ3n) is 4.29. The Morgan fingerprint density at radius 2 is 1.97 bits per heavy atom. The predicted molar refractivity (Wildman–Crippen MR) is 111 cm³/mol. The van der Waals surface area contributed by atoms with Crippen LogP contribution in [-0.2, 0) is 18.9 Å². The lowest BCUT2D eigenvalue weighted by atomic mass is 10.1. The molecule has 156 valence electrons. The molecular weight excluding hydrogens is 437 g/mol. The molecule has 0 aliphatic heterocycles. The van der Waals surface area contributed by atoms with Crippen molar-refractivity contribution in [1.82, 2.24) is 14.1 Å². The number of hydrogen-bond acceptors (Lipinski definition) is 7. The number of aromatic nitrogens is 3. The minimum absolute atomic E-state index is 0.0619. The van der Waals surface area contributed by atoms with E-state index in [1.54, 1.807) is 6.07 Å². The topological polar surface area (TPSA) is 129 Å². The number of hydrogen-bond donors (Lipinski definition) is 2. The molecular formula is C18H15ClFN5O4S. The summed E-state index contributed by atoms with van der Waals surface area (Å²) < 4.78 is 15.8. The maximum absolute atomic E-state index is 14.1. The fourth-order valence-corrected chi connectivity index (χ4v) is 3.58. The highest BCUT2D eigenvalue weighted by Gasteiger charge is 2.23. The zero-order valence-electron chi connectivity index (χ0n) is 15.7. The lowest BCUT2D eigenvalue weighted by molar-refractivity contribution is -0.115. The van der Waals surface area contributed by atoms with Crippen LogP contribution < -0.4 is 22.3 Å². The number of nitrogens with zero attached hydrogens (tertiary/aromatic N) is 3. The van der Waals surface area contributed by atoms with Crippen LogP contribution >= 0.6 is 22.9 Å². The Bertz CT molecular complexity index is 1300. The van der Waals surface area contributed by atoms with Crippen molar-refractivity contribution in [3.8, 4) is 11.3 Å². The number of carbonyl (C=O) groups excluding carboxylic acids is 2. The Hall–Kier alpha value is -3.31. The number of anilines is 2. The van der Waals surface area contributed by atoms with Crippen LogP contribution in [-0.4, -0.2) is 25.8 Å². The minimum atomic E-state index is -0.888. The molecule has 0 aliphatic carbocycles. The number of benzene rings is 1. The van der Waals surface area contributed by atoms with Gasteiger partial charge in [-0.3, -0.25) is 23.5 Å². The quantitative estimate of drug-likeness (QED) is 0.449. The van der Waals surface area contributed by atoms with Gasteiger partial charge >= 0.3 is 5.69 Å². The Labute approximate surface area is 177 Å². The van der Waals surface area contributed by atoms with Gasteiger partial charge in [0.15, 0.2) is 16.7 Å². The van der Waals surface area contributed by atoms with E-state index in [-0.39, 0.29) is 27.2 Å². The molecule has 0 spiro atoms. The number of nitrogen functional groups attached to an aromatic ring is 1. The summed E-state index contributed by atoms with van der Waals surface area (Å²) in [6, 6.07) is 4.45. The van der Waals surface area contributed by atoms with E-state index >= 15 is 0 Å².